The molecule has 2 atom stereocenters. The third-order valence-corrected chi connectivity index (χ3v) is 5.19. The molecule has 0 bridgehead atoms. The molecule has 3 aromatic rings. The van der Waals surface area contributed by atoms with E-state index in [2.05, 4.69) is 29.1 Å². The lowest BCUT2D eigenvalue weighted by Gasteiger charge is -2.22. The first-order valence-electron chi connectivity index (χ1n) is 10.7. The lowest BCUT2D eigenvalue weighted by Crippen LogP contribution is -2.33. The van der Waals surface area contributed by atoms with E-state index in [0.29, 0.717) is 31.8 Å². The Bertz CT molecular complexity index is 921. The van der Waals surface area contributed by atoms with Gasteiger partial charge in [-0.3, -0.25) is 4.79 Å². The zero-order chi connectivity index (χ0) is 21.3. The quantitative estimate of drug-likeness (QED) is 0.436. The summed E-state index contributed by atoms with van der Waals surface area (Å²) in [5.41, 5.74) is 1.90. The summed E-state index contributed by atoms with van der Waals surface area (Å²) in [7, 11) is 0. The van der Waals surface area contributed by atoms with Gasteiger partial charge in [0.1, 0.15) is 5.82 Å². The molecule has 0 radical (unpaired) electrons. The first kappa shape index (κ1) is 21.7. The minimum absolute atomic E-state index is 0.00227. The molecule has 0 saturated carbocycles. The Morgan fingerprint density at radius 1 is 1.07 bits per heavy atom. The van der Waals surface area contributed by atoms with E-state index in [1.807, 2.05) is 55.5 Å². The van der Waals surface area contributed by atoms with Crippen molar-refractivity contribution in [2.24, 2.45) is 5.92 Å². The minimum atomic E-state index is -0.144. The van der Waals surface area contributed by atoms with Crippen LogP contribution < -0.4 is 14.8 Å². The fourth-order valence-electron chi connectivity index (χ4n) is 3.34. The van der Waals surface area contributed by atoms with Crippen molar-refractivity contribution < 1.29 is 14.3 Å². The highest BCUT2D eigenvalue weighted by atomic mass is 16.5. The zero-order valence-electron chi connectivity index (χ0n) is 18.0. The molecule has 1 amide bonds. The number of carbonyl (C=O) groups is 1. The highest BCUT2D eigenvalue weighted by Gasteiger charge is 2.23. The molecule has 2 N–H and O–H groups in total. The number of nitrogens with one attached hydrogen (secondary N) is 2. The molecule has 0 saturated heterocycles. The van der Waals surface area contributed by atoms with Gasteiger partial charge >= 0.3 is 0 Å². The molecule has 0 aliphatic carbocycles. The Hall–Kier alpha value is -3.02. The van der Waals surface area contributed by atoms with E-state index in [9.17, 15) is 4.79 Å². The van der Waals surface area contributed by atoms with E-state index in [-0.39, 0.29) is 17.9 Å². The highest BCUT2D eigenvalue weighted by molar-refractivity contribution is 5.77. The molecule has 30 heavy (non-hydrogen) atoms. The molecule has 1 heterocycles. The second kappa shape index (κ2) is 10.7. The Balaban J connectivity index is 1.55. The number of imidazole rings is 1. The van der Waals surface area contributed by atoms with Gasteiger partial charge in [0.05, 0.1) is 30.3 Å². The van der Waals surface area contributed by atoms with Gasteiger partial charge in [-0.15, -0.1) is 0 Å². The first-order valence-corrected chi connectivity index (χ1v) is 10.7. The van der Waals surface area contributed by atoms with Crippen molar-refractivity contribution >= 4 is 16.9 Å². The summed E-state index contributed by atoms with van der Waals surface area (Å²) in [4.78, 5) is 20.7. The van der Waals surface area contributed by atoms with Crippen LogP contribution in [-0.4, -0.2) is 29.1 Å². The molecule has 0 aliphatic heterocycles. The van der Waals surface area contributed by atoms with Gasteiger partial charge in [-0.1, -0.05) is 44.5 Å². The largest absolute Gasteiger partial charge is 0.490 e. The summed E-state index contributed by atoms with van der Waals surface area (Å²) in [6.07, 6.45) is 1.96. The maximum atomic E-state index is 12.6. The van der Waals surface area contributed by atoms with Crippen molar-refractivity contribution in [3.63, 3.8) is 0 Å². The molecular weight excluding hydrogens is 378 g/mol. The van der Waals surface area contributed by atoms with Crippen LogP contribution in [-0.2, 0) is 4.79 Å². The van der Waals surface area contributed by atoms with Crippen molar-refractivity contribution in [2.75, 3.05) is 13.2 Å². The number of nitrogens with zero attached hydrogens (tertiary/aromatic N) is 1. The van der Waals surface area contributed by atoms with E-state index < -0.39 is 0 Å². The molecule has 0 fully saturated rings. The Kier molecular flexibility index (Phi) is 7.71. The highest BCUT2D eigenvalue weighted by Crippen LogP contribution is 2.27. The Morgan fingerprint density at radius 3 is 2.47 bits per heavy atom. The van der Waals surface area contributed by atoms with E-state index in [4.69, 9.17) is 9.47 Å². The van der Waals surface area contributed by atoms with Crippen LogP contribution in [0.4, 0.5) is 0 Å². The number of rotatable bonds is 11. The van der Waals surface area contributed by atoms with E-state index in [1.165, 1.54) is 0 Å². The normalized spacial score (nSPS) is 13.0. The first-order chi connectivity index (χ1) is 14.6. The van der Waals surface area contributed by atoms with Crippen LogP contribution in [0, 0.1) is 5.92 Å². The molecule has 0 spiro atoms. The lowest BCUT2D eigenvalue weighted by atomic mass is 9.98. The lowest BCUT2D eigenvalue weighted by molar-refractivity contribution is -0.122. The third kappa shape index (κ3) is 5.53. The average molecular weight is 410 g/mol. The Morgan fingerprint density at radius 2 is 1.77 bits per heavy atom. The number of aromatic nitrogens is 2. The number of ether oxygens (including phenoxy) is 2. The molecule has 1 aromatic heterocycles. The molecule has 2 aromatic carbocycles. The summed E-state index contributed by atoms with van der Waals surface area (Å²) >= 11 is 0. The van der Waals surface area contributed by atoms with Gasteiger partial charge in [0.25, 0.3) is 0 Å². The number of hydrogen-bond donors (Lipinski definition) is 2. The van der Waals surface area contributed by atoms with E-state index in [1.54, 1.807) is 0 Å². The number of amides is 1. The van der Waals surface area contributed by atoms with Crippen LogP contribution in [0.5, 0.6) is 11.5 Å². The molecular formula is C24H31N3O3. The summed E-state index contributed by atoms with van der Waals surface area (Å²) in [6.45, 7) is 7.23. The van der Waals surface area contributed by atoms with Crippen molar-refractivity contribution in [1.82, 2.24) is 15.3 Å². The molecule has 0 aliphatic rings. The second-order valence-electron chi connectivity index (χ2n) is 7.40. The third-order valence-electron chi connectivity index (χ3n) is 5.19. The van der Waals surface area contributed by atoms with Gasteiger partial charge in [-0.25, -0.2) is 4.98 Å². The number of H-pyrrole nitrogens is 1. The summed E-state index contributed by atoms with van der Waals surface area (Å²) in [5, 5.41) is 3.16. The molecule has 6 nitrogen and oxygen atoms in total. The molecule has 3 rings (SSSR count). The average Bonchev–Trinajstić information content (AvgIpc) is 3.19. The smallest absolute Gasteiger partial charge is 0.220 e. The predicted octanol–water partition coefficient (Wildman–Crippen LogP) is 5.02. The van der Waals surface area contributed by atoms with Gasteiger partial charge in [0.2, 0.25) is 5.91 Å². The van der Waals surface area contributed by atoms with Crippen molar-refractivity contribution in [3.05, 3.63) is 54.4 Å². The Labute approximate surface area is 178 Å². The van der Waals surface area contributed by atoms with Gasteiger partial charge in [-0.05, 0) is 43.5 Å². The van der Waals surface area contributed by atoms with E-state index >= 15 is 0 Å². The zero-order valence-corrected chi connectivity index (χ0v) is 18.0. The number of carbonyl (C=O) groups excluding carboxylic acids is 1. The van der Waals surface area contributed by atoms with E-state index in [0.717, 1.165) is 29.0 Å². The fourth-order valence-corrected chi connectivity index (χ4v) is 3.34. The fraction of sp³-hybridized carbons (Fsp3) is 0.417. The SMILES string of the molecule is CCOc1ccccc1OCCCC(=O)N[C@H](c1nc2ccccc2[nH]1)[C@H](C)CC. The minimum Gasteiger partial charge on any atom is -0.490 e. The number of para-hydroxylation sites is 4. The van der Waals surface area contributed by atoms with Gasteiger partial charge in [0.15, 0.2) is 11.5 Å². The van der Waals surface area contributed by atoms with Crippen molar-refractivity contribution in [1.29, 1.82) is 0 Å². The van der Waals surface area contributed by atoms with Crippen LogP contribution in [0.1, 0.15) is 51.9 Å². The summed E-state index contributed by atoms with van der Waals surface area (Å²) in [5.74, 6) is 2.51. The van der Waals surface area contributed by atoms with Crippen LogP contribution in [0.15, 0.2) is 48.5 Å². The van der Waals surface area contributed by atoms with Gasteiger partial charge in [-0.2, -0.15) is 0 Å². The number of fused-ring (bicyclic) bond motifs is 1. The number of hydrogen-bond acceptors (Lipinski definition) is 4. The molecule has 6 heteroatoms. The van der Waals surface area contributed by atoms with Gasteiger partial charge < -0.3 is 19.8 Å². The topological polar surface area (TPSA) is 76.2 Å². The second-order valence-corrected chi connectivity index (χ2v) is 7.40. The van der Waals surface area contributed by atoms with Gasteiger partial charge in [0, 0.05) is 6.42 Å². The van der Waals surface area contributed by atoms with Crippen LogP contribution in [0.2, 0.25) is 0 Å². The van der Waals surface area contributed by atoms with Crippen LogP contribution in [0.3, 0.4) is 0 Å². The monoisotopic (exact) mass is 409 g/mol. The summed E-state index contributed by atoms with van der Waals surface area (Å²) in [6, 6.07) is 15.4. The maximum absolute atomic E-state index is 12.6. The number of aromatic amines is 1. The number of benzene rings is 2. The van der Waals surface area contributed by atoms with Crippen LogP contribution in [0.25, 0.3) is 11.0 Å². The molecule has 0 unspecified atom stereocenters. The standard InChI is InChI=1S/C24H31N3O3/c1-4-17(3)23(24-25-18-11-6-7-12-19(18)26-24)27-22(28)15-10-16-30-21-14-9-8-13-20(21)29-5-2/h6-9,11-14,17,23H,4-5,10,15-16H2,1-3H3,(H,25,26)(H,27,28)/t17-,23+/m1/s1. The predicted molar refractivity (Wildman–Crippen MR) is 119 cm³/mol. The van der Waals surface area contributed by atoms with Crippen molar-refractivity contribution in [3.8, 4) is 11.5 Å². The van der Waals surface area contributed by atoms with Crippen LogP contribution >= 0.6 is 0 Å². The maximum Gasteiger partial charge on any atom is 0.220 e. The summed E-state index contributed by atoms with van der Waals surface area (Å²) < 4.78 is 11.4. The molecule has 160 valence electrons. The van der Waals surface area contributed by atoms with Crippen molar-refractivity contribution in [2.45, 2.75) is 46.1 Å².